The van der Waals surface area contributed by atoms with Gasteiger partial charge in [0.25, 0.3) is 11.7 Å². The van der Waals surface area contributed by atoms with Crippen LogP contribution in [0.5, 0.6) is 0 Å². The highest BCUT2D eigenvalue weighted by atomic mass is 16.2. The number of nitrogens with one attached hydrogen (secondary N) is 1. The van der Waals surface area contributed by atoms with Gasteiger partial charge in [-0.3, -0.25) is 9.59 Å². The Kier molecular flexibility index (Phi) is 6.78. The number of aromatic nitrogens is 2. The van der Waals surface area contributed by atoms with Gasteiger partial charge in [-0.25, -0.2) is 4.98 Å². The maximum absolute atomic E-state index is 13.5. The molecule has 1 saturated heterocycles. The van der Waals surface area contributed by atoms with E-state index in [4.69, 9.17) is 0 Å². The second kappa shape index (κ2) is 10.8. The first-order valence-electron chi connectivity index (χ1n) is 13.2. The van der Waals surface area contributed by atoms with Crippen molar-refractivity contribution in [1.29, 1.82) is 0 Å². The summed E-state index contributed by atoms with van der Waals surface area (Å²) in [5.41, 5.74) is 4.51. The molecule has 1 amide bonds. The summed E-state index contributed by atoms with van der Waals surface area (Å²) in [6.45, 7) is 3.67. The molecule has 1 fully saturated rings. The lowest BCUT2D eigenvalue weighted by molar-refractivity contribution is -0.112. The molecule has 0 aliphatic carbocycles. The van der Waals surface area contributed by atoms with Gasteiger partial charge in [-0.1, -0.05) is 42.5 Å². The highest BCUT2D eigenvalue weighted by molar-refractivity contribution is 6.47. The third kappa shape index (κ3) is 5.11. The molecule has 1 aliphatic rings. The van der Waals surface area contributed by atoms with Crippen LogP contribution >= 0.6 is 0 Å². The van der Waals surface area contributed by atoms with Crippen LogP contribution in [0.1, 0.15) is 16.9 Å². The number of hydrogen-bond donors (Lipinski definition) is 1. The fourth-order valence-electron chi connectivity index (χ4n) is 5.19. The fraction of sp³-hybridized carbons (Fsp3) is 0.156. The van der Waals surface area contributed by atoms with E-state index in [1.807, 2.05) is 109 Å². The summed E-state index contributed by atoms with van der Waals surface area (Å²) in [5, 5.41) is 2.81. The monoisotopic (exact) mass is 515 g/mol. The van der Waals surface area contributed by atoms with Gasteiger partial charge in [0.15, 0.2) is 0 Å². The van der Waals surface area contributed by atoms with E-state index in [0.29, 0.717) is 11.4 Å². The van der Waals surface area contributed by atoms with Crippen molar-refractivity contribution in [2.45, 2.75) is 6.42 Å². The van der Waals surface area contributed by atoms with E-state index in [2.05, 4.69) is 20.1 Å². The number of pyridine rings is 2. The molecule has 39 heavy (non-hydrogen) atoms. The number of amides is 1. The van der Waals surface area contributed by atoms with Gasteiger partial charge in [0.1, 0.15) is 11.5 Å². The number of ketones is 1. The van der Waals surface area contributed by atoms with Gasteiger partial charge in [0.2, 0.25) is 0 Å². The van der Waals surface area contributed by atoms with Crippen molar-refractivity contribution in [3.8, 4) is 11.1 Å². The SMILES string of the molecule is O=C(Nc1ccc(N2CCCN(c3ccccn3)CC2)cc1)C(=O)c1c(-c2ccccc2)cc2ccccn12. The molecule has 5 aromatic rings. The molecule has 0 spiro atoms. The van der Waals surface area contributed by atoms with Crippen LogP contribution in [0.4, 0.5) is 17.2 Å². The zero-order valence-corrected chi connectivity index (χ0v) is 21.5. The van der Waals surface area contributed by atoms with Crippen molar-refractivity contribution < 1.29 is 9.59 Å². The zero-order valence-electron chi connectivity index (χ0n) is 21.5. The summed E-state index contributed by atoms with van der Waals surface area (Å²) in [5.74, 6) is -0.232. The van der Waals surface area contributed by atoms with Gasteiger partial charge < -0.3 is 19.5 Å². The highest BCUT2D eigenvalue weighted by Gasteiger charge is 2.25. The van der Waals surface area contributed by atoms with Gasteiger partial charge in [0.05, 0.1) is 0 Å². The number of benzene rings is 2. The normalized spacial score (nSPS) is 13.7. The van der Waals surface area contributed by atoms with Gasteiger partial charge >= 0.3 is 0 Å². The predicted molar refractivity (Wildman–Crippen MR) is 156 cm³/mol. The Morgan fingerprint density at radius 2 is 1.49 bits per heavy atom. The molecule has 1 N–H and O–H groups in total. The molecule has 0 unspecified atom stereocenters. The molecule has 7 heteroatoms. The number of carbonyl (C=O) groups is 2. The molecule has 4 heterocycles. The number of fused-ring (bicyclic) bond motifs is 1. The summed E-state index contributed by atoms with van der Waals surface area (Å²) in [4.78, 5) is 35.8. The number of Topliss-reactive ketones (excluding diaryl/α,β-unsaturated/α-hetero) is 1. The molecule has 3 aromatic heterocycles. The third-order valence-electron chi connectivity index (χ3n) is 7.15. The molecule has 0 atom stereocenters. The molecule has 0 saturated carbocycles. The Bertz CT molecular complexity index is 1600. The lowest BCUT2D eigenvalue weighted by atomic mass is 10.0. The molecule has 194 valence electrons. The maximum atomic E-state index is 13.5. The largest absolute Gasteiger partial charge is 0.370 e. The zero-order chi connectivity index (χ0) is 26.6. The minimum Gasteiger partial charge on any atom is -0.370 e. The van der Waals surface area contributed by atoms with E-state index in [1.54, 1.807) is 4.40 Å². The van der Waals surface area contributed by atoms with E-state index < -0.39 is 11.7 Å². The summed E-state index contributed by atoms with van der Waals surface area (Å²) >= 11 is 0. The maximum Gasteiger partial charge on any atom is 0.298 e. The predicted octanol–water partition coefficient (Wildman–Crippen LogP) is 5.54. The Labute approximate surface area is 227 Å². The van der Waals surface area contributed by atoms with E-state index >= 15 is 0 Å². The van der Waals surface area contributed by atoms with Crippen LogP contribution in [0.25, 0.3) is 16.6 Å². The number of anilines is 3. The van der Waals surface area contributed by atoms with Gasteiger partial charge in [0, 0.05) is 61.0 Å². The summed E-state index contributed by atoms with van der Waals surface area (Å²) in [7, 11) is 0. The van der Waals surface area contributed by atoms with E-state index in [-0.39, 0.29) is 0 Å². The molecule has 1 aliphatic heterocycles. The first-order chi connectivity index (χ1) is 19.2. The molecular weight excluding hydrogens is 486 g/mol. The number of carbonyl (C=O) groups excluding carboxylic acids is 2. The van der Waals surface area contributed by atoms with Crippen LogP contribution in [-0.2, 0) is 4.79 Å². The number of hydrogen-bond acceptors (Lipinski definition) is 5. The van der Waals surface area contributed by atoms with Crippen molar-refractivity contribution >= 4 is 34.4 Å². The van der Waals surface area contributed by atoms with Crippen LogP contribution in [0, 0.1) is 0 Å². The molecule has 0 bridgehead atoms. The smallest absolute Gasteiger partial charge is 0.298 e. The van der Waals surface area contributed by atoms with Crippen LogP contribution in [0.15, 0.2) is 109 Å². The second-order valence-corrected chi connectivity index (χ2v) is 9.61. The fourth-order valence-corrected chi connectivity index (χ4v) is 5.19. The van der Waals surface area contributed by atoms with Crippen LogP contribution in [0.3, 0.4) is 0 Å². The number of nitrogens with zero attached hydrogens (tertiary/aromatic N) is 4. The second-order valence-electron chi connectivity index (χ2n) is 9.61. The Hall–Kier alpha value is -4.91. The third-order valence-corrected chi connectivity index (χ3v) is 7.15. The topological polar surface area (TPSA) is 70.0 Å². The van der Waals surface area contributed by atoms with E-state index in [9.17, 15) is 9.59 Å². The van der Waals surface area contributed by atoms with Crippen molar-refractivity contribution in [3.05, 3.63) is 115 Å². The molecule has 2 aromatic carbocycles. The van der Waals surface area contributed by atoms with Crippen molar-refractivity contribution in [2.75, 3.05) is 41.3 Å². The Balaban J connectivity index is 1.17. The quantitative estimate of drug-likeness (QED) is 0.238. The van der Waals surface area contributed by atoms with Crippen LogP contribution < -0.4 is 15.1 Å². The average Bonchev–Trinajstić information content (AvgIpc) is 3.20. The van der Waals surface area contributed by atoms with Crippen molar-refractivity contribution in [2.24, 2.45) is 0 Å². The standard InChI is InChI=1S/C32H29N5O2/c38-31(30-28(24-9-2-1-3-10-24)23-27-11-5-7-20-37(27)30)32(39)34-25-13-15-26(16-14-25)35-18-8-19-36(22-21-35)29-12-4-6-17-33-29/h1-7,9-17,20,23H,8,18-19,21-22H2,(H,34,39). The summed E-state index contributed by atoms with van der Waals surface area (Å²) in [6.07, 6.45) is 4.67. The summed E-state index contributed by atoms with van der Waals surface area (Å²) in [6, 6.07) is 31.0. The lowest BCUT2D eigenvalue weighted by Crippen LogP contribution is -2.31. The van der Waals surface area contributed by atoms with Gasteiger partial charge in [-0.15, -0.1) is 0 Å². The minimum absolute atomic E-state index is 0.355. The number of rotatable bonds is 6. The minimum atomic E-state index is -0.662. The molecule has 6 rings (SSSR count). The van der Waals surface area contributed by atoms with Gasteiger partial charge in [-0.2, -0.15) is 0 Å². The molecular formula is C32H29N5O2. The van der Waals surface area contributed by atoms with E-state index in [1.165, 1.54) is 0 Å². The lowest BCUT2D eigenvalue weighted by Gasteiger charge is -2.24. The average molecular weight is 516 g/mol. The van der Waals surface area contributed by atoms with Crippen LogP contribution in [0.2, 0.25) is 0 Å². The van der Waals surface area contributed by atoms with Crippen molar-refractivity contribution in [1.82, 2.24) is 9.38 Å². The first kappa shape index (κ1) is 24.4. The Morgan fingerprint density at radius 1 is 0.744 bits per heavy atom. The summed E-state index contributed by atoms with van der Waals surface area (Å²) < 4.78 is 1.78. The Morgan fingerprint density at radius 3 is 2.28 bits per heavy atom. The van der Waals surface area contributed by atoms with Crippen LogP contribution in [-0.4, -0.2) is 47.3 Å². The van der Waals surface area contributed by atoms with Crippen molar-refractivity contribution in [3.63, 3.8) is 0 Å². The highest BCUT2D eigenvalue weighted by Crippen LogP contribution is 2.29. The first-order valence-corrected chi connectivity index (χ1v) is 13.2. The molecule has 7 nitrogen and oxygen atoms in total. The van der Waals surface area contributed by atoms with E-state index in [0.717, 1.165) is 60.7 Å². The van der Waals surface area contributed by atoms with Gasteiger partial charge in [-0.05, 0) is 66.6 Å². The molecule has 0 radical (unpaired) electrons.